The number of carbonyl (C=O) groups is 1. The van der Waals surface area contributed by atoms with Gasteiger partial charge in [0.1, 0.15) is 11.2 Å². The number of aryl methyl sites for hydroxylation is 1. The van der Waals surface area contributed by atoms with Gasteiger partial charge in [-0.1, -0.05) is 35.2 Å². The fourth-order valence-corrected chi connectivity index (χ4v) is 3.50. The minimum Gasteiger partial charge on any atom is -0.300 e. The number of nitrogens with one attached hydrogen (secondary N) is 1. The highest BCUT2D eigenvalue weighted by Crippen LogP contribution is 2.23. The maximum atomic E-state index is 12.1. The molecule has 0 fully saturated rings. The number of fused-ring (bicyclic) bond motifs is 3. The Kier molecular flexibility index (Phi) is 4.31. The minimum atomic E-state index is -0.383. The van der Waals surface area contributed by atoms with E-state index in [1.165, 1.54) is 33.1 Å². The summed E-state index contributed by atoms with van der Waals surface area (Å²) in [5.41, 5.74) is 2.51. The van der Waals surface area contributed by atoms with Crippen molar-refractivity contribution in [2.24, 2.45) is 0 Å². The lowest BCUT2D eigenvalue weighted by Crippen LogP contribution is -2.19. The normalized spacial score (nSPS) is 11.1. The molecule has 0 spiro atoms. The van der Waals surface area contributed by atoms with E-state index in [0.29, 0.717) is 21.5 Å². The molecule has 0 saturated carbocycles. The predicted octanol–water partition coefficient (Wildman–Crippen LogP) is 1.53. The van der Waals surface area contributed by atoms with Gasteiger partial charge in [0.15, 0.2) is 10.8 Å². The van der Waals surface area contributed by atoms with Gasteiger partial charge in [-0.2, -0.15) is 14.6 Å². The van der Waals surface area contributed by atoms with Gasteiger partial charge in [0.05, 0.1) is 11.3 Å². The van der Waals surface area contributed by atoms with E-state index in [2.05, 4.69) is 30.6 Å². The standard InChI is InChI=1S/C15H11N7O2S2/c1-8-13(24)19-12-9-4-2-3-5-10(9)17-15(22(12)21-8)25-6-11(23)18-14-20-16-7-26-14/h2-5,7H,6H2,1H3,(H,18,20,23). The average Bonchev–Trinajstić information content (AvgIpc) is 3.14. The molecule has 0 aliphatic heterocycles. The molecule has 0 aliphatic rings. The first-order chi connectivity index (χ1) is 12.6. The third-order valence-electron chi connectivity index (χ3n) is 3.45. The first-order valence-corrected chi connectivity index (χ1v) is 9.33. The van der Waals surface area contributed by atoms with E-state index in [-0.39, 0.29) is 22.9 Å². The molecule has 0 radical (unpaired) electrons. The molecule has 11 heteroatoms. The largest absolute Gasteiger partial charge is 0.300 e. The summed E-state index contributed by atoms with van der Waals surface area (Å²) in [6, 6.07) is 7.35. The summed E-state index contributed by atoms with van der Waals surface area (Å²) < 4.78 is 1.50. The summed E-state index contributed by atoms with van der Waals surface area (Å²) in [4.78, 5) is 32.7. The van der Waals surface area contributed by atoms with Gasteiger partial charge < -0.3 is 0 Å². The average molecular weight is 385 g/mol. The monoisotopic (exact) mass is 385 g/mol. The maximum absolute atomic E-state index is 12.1. The van der Waals surface area contributed by atoms with Gasteiger partial charge in [0.2, 0.25) is 11.0 Å². The second-order valence-corrected chi connectivity index (χ2v) is 7.01. The Morgan fingerprint density at radius 2 is 2.15 bits per heavy atom. The van der Waals surface area contributed by atoms with Gasteiger partial charge in [0.25, 0.3) is 5.56 Å². The van der Waals surface area contributed by atoms with Gasteiger partial charge >= 0.3 is 0 Å². The van der Waals surface area contributed by atoms with Gasteiger partial charge in [-0.05, 0) is 19.1 Å². The first kappa shape index (κ1) is 16.5. The van der Waals surface area contributed by atoms with Gasteiger partial charge in [-0.3, -0.25) is 14.9 Å². The van der Waals surface area contributed by atoms with E-state index < -0.39 is 0 Å². The number of anilines is 1. The quantitative estimate of drug-likeness (QED) is 0.319. The number of aromatic nitrogens is 6. The van der Waals surface area contributed by atoms with Crippen LogP contribution < -0.4 is 10.9 Å². The lowest BCUT2D eigenvalue weighted by Gasteiger charge is -2.09. The number of para-hydroxylation sites is 1. The smallest absolute Gasteiger partial charge is 0.294 e. The lowest BCUT2D eigenvalue weighted by molar-refractivity contribution is -0.113. The zero-order chi connectivity index (χ0) is 18.1. The van der Waals surface area contributed by atoms with Crippen LogP contribution in [0.1, 0.15) is 5.69 Å². The number of amides is 1. The van der Waals surface area contributed by atoms with Crippen LogP contribution in [0.2, 0.25) is 0 Å². The molecule has 4 aromatic rings. The molecule has 0 bridgehead atoms. The summed E-state index contributed by atoms with van der Waals surface area (Å²) in [6.07, 6.45) is 0. The number of thioether (sulfide) groups is 1. The fraction of sp³-hybridized carbons (Fsp3) is 0.133. The Balaban J connectivity index is 1.72. The van der Waals surface area contributed by atoms with Crippen molar-refractivity contribution < 1.29 is 4.79 Å². The fourth-order valence-electron chi connectivity index (χ4n) is 2.29. The molecular formula is C15H11N7O2S2. The predicted molar refractivity (Wildman–Crippen MR) is 98.6 cm³/mol. The van der Waals surface area contributed by atoms with Crippen molar-refractivity contribution in [3.8, 4) is 0 Å². The zero-order valence-corrected chi connectivity index (χ0v) is 15.0. The highest BCUT2D eigenvalue weighted by Gasteiger charge is 2.14. The lowest BCUT2D eigenvalue weighted by atomic mass is 10.2. The summed E-state index contributed by atoms with van der Waals surface area (Å²) in [5, 5.41) is 16.0. The van der Waals surface area contributed by atoms with Crippen LogP contribution in [0.4, 0.5) is 5.13 Å². The van der Waals surface area contributed by atoms with Crippen molar-refractivity contribution in [2.75, 3.05) is 11.1 Å². The number of nitrogens with zero attached hydrogens (tertiary/aromatic N) is 6. The molecule has 4 rings (SSSR count). The summed E-state index contributed by atoms with van der Waals surface area (Å²) in [5.74, 6) is -0.132. The van der Waals surface area contributed by atoms with Crippen LogP contribution in [0.3, 0.4) is 0 Å². The van der Waals surface area contributed by atoms with Crippen LogP contribution in [0.15, 0.2) is 39.7 Å². The molecule has 26 heavy (non-hydrogen) atoms. The van der Waals surface area contributed by atoms with Gasteiger partial charge in [0, 0.05) is 5.39 Å². The SMILES string of the molecule is Cc1nn2c(SCC(=O)Nc3nncs3)nc3ccccc3c2nc1=O. The molecule has 0 unspecified atom stereocenters. The summed E-state index contributed by atoms with van der Waals surface area (Å²) in [6.45, 7) is 1.59. The number of hydrogen-bond donors (Lipinski definition) is 1. The van der Waals surface area contributed by atoms with Crippen LogP contribution in [0, 0.1) is 6.92 Å². The van der Waals surface area contributed by atoms with Crippen molar-refractivity contribution in [3.63, 3.8) is 0 Å². The molecule has 9 nitrogen and oxygen atoms in total. The van der Waals surface area contributed by atoms with E-state index in [0.717, 1.165) is 5.39 Å². The van der Waals surface area contributed by atoms with Crippen molar-refractivity contribution >= 4 is 50.7 Å². The van der Waals surface area contributed by atoms with Crippen LogP contribution in [0.25, 0.3) is 16.6 Å². The van der Waals surface area contributed by atoms with Crippen molar-refractivity contribution in [1.29, 1.82) is 0 Å². The Morgan fingerprint density at radius 3 is 2.96 bits per heavy atom. The summed E-state index contributed by atoms with van der Waals surface area (Å²) in [7, 11) is 0. The van der Waals surface area contributed by atoms with Crippen LogP contribution in [0.5, 0.6) is 0 Å². The Morgan fingerprint density at radius 1 is 1.31 bits per heavy atom. The number of rotatable bonds is 4. The molecule has 1 N–H and O–H groups in total. The number of hydrogen-bond acceptors (Lipinski definition) is 9. The molecular weight excluding hydrogens is 374 g/mol. The van der Waals surface area contributed by atoms with E-state index in [1.807, 2.05) is 24.3 Å². The van der Waals surface area contributed by atoms with Crippen molar-refractivity contribution in [2.45, 2.75) is 12.1 Å². The molecule has 3 heterocycles. The first-order valence-electron chi connectivity index (χ1n) is 7.47. The van der Waals surface area contributed by atoms with Crippen molar-refractivity contribution in [3.05, 3.63) is 45.8 Å². The van der Waals surface area contributed by atoms with E-state index in [4.69, 9.17) is 0 Å². The molecule has 0 atom stereocenters. The third-order valence-corrected chi connectivity index (χ3v) is 4.98. The molecule has 0 aliphatic carbocycles. The highest BCUT2D eigenvalue weighted by molar-refractivity contribution is 7.99. The van der Waals surface area contributed by atoms with Crippen molar-refractivity contribution in [1.82, 2.24) is 29.8 Å². The van der Waals surface area contributed by atoms with Crippen LogP contribution >= 0.6 is 23.1 Å². The Labute approximate surface area is 154 Å². The van der Waals surface area contributed by atoms with Crippen LogP contribution in [-0.2, 0) is 4.79 Å². The number of carbonyl (C=O) groups excluding carboxylic acids is 1. The molecule has 3 aromatic heterocycles. The second-order valence-electron chi connectivity index (χ2n) is 5.23. The Hall–Kier alpha value is -2.92. The van der Waals surface area contributed by atoms with Crippen LogP contribution in [-0.4, -0.2) is 41.4 Å². The van der Waals surface area contributed by atoms with E-state index in [1.54, 1.807) is 6.92 Å². The molecule has 1 aromatic carbocycles. The minimum absolute atomic E-state index is 0.104. The highest BCUT2D eigenvalue weighted by atomic mass is 32.2. The maximum Gasteiger partial charge on any atom is 0.294 e. The molecule has 130 valence electrons. The van der Waals surface area contributed by atoms with E-state index >= 15 is 0 Å². The third kappa shape index (κ3) is 3.13. The second kappa shape index (κ2) is 6.77. The summed E-state index contributed by atoms with van der Waals surface area (Å²) >= 11 is 2.44. The Bertz CT molecular complexity index is 1170. The van der Waals surface area contributed by atoms with Gasteiger partial charge in [-0.25, -0.2) is 4.98 Å². The zero-order valence-electron chi connectivity index (χ0n) is 13.4. The molecule has 1 amide bonds. The van der Waals surface area contributed by atoms with Gasteiger partial charge in [-0.15, -0.1) is 10.2 Å². The molecule has 0 saturated heterocycles. The number of benzene rings is 1. The van der Waals surface area contributed by atoms with E-state index in [9.17, 15) is 9.59 Å². The topological polar surface area (TPSA) is 115 Å².